The zero-order valence-corrected chi connectivity index (χ0v) is 11.4. The van der Waals surface area contributed by atoms with E-state index in [9.17, 15) is 9.18 Å². The monoisotopic (exact) mass is 274 g/mol. The molecule has 0 spiro atoms. The Labute approximate surface area is 117 Å². The molecule has 20 heavy (non-hydrogen) atoms. The van der Waals surface area contributed by atoms with Gasteiger partial charge >= 0.3 is 5.97 Å². The Kier molecular flexibility index (Phi) is 4.35. The highest BCUT2D eigenvalue weighted by molar-refractivity contribution is 5.74. The second-order valence-corrected chi connectivity index (χ2v) is 4.49. The maximum Gasteiger partial charge on any atom is 0.349 e. The Morgan fingerprint density at radius 1 is 1.10 bits per heavy atom. The van der Waals surface area contributed by atoms with E-state index in [1.54, 1.807) is 6.07 Å². The molecular formula is C16H15FO3. The number of benzene rings is 2. The highest BCUT2D eigenvalue weighted by atomic mass is 19.1. The molecule has 0 fully saturated rings. The number of esters is 1. The van der Waals surface area contributed by atoms with E-state index in [1.807, 2.05) is 26.0 Å². The van der Waals surface area contributed by atoms with Gasteiger partial charge in [0.15, 0.2) is 6.61 Å². The van der Waals surface area contributed by atoms with Gasteiger partial charge in [0.1, 0.15) is 17.3 Å². The van der Waals surface area contributed by atoms with Gasteiger partial charge in [0, 0.05) is 0 Å². The van der Waals surface area contributed by atoms with E-state index in [0.717, 1.165) is 11.1 Å². The molecule has 2 rings (SSSR count). The van der Waals surface area contributed by atoms with E-state index >= 15 is 0 Å². The van der Waals surface area contributed by atoms with Crippen LogP contribution in [0.5, 0.6) is 11.5 Å². The second kappa shape index (κ2) is 6.19. The average Bonchev–Trinajstić information content (AvgIpc) is 2.41. The van der Waals surface area contributed by atoms with Gasteiger partial charge in [-0.1, -0.05) is 17.7 Å². The maximum absolute atomic E-state index is 12.7. The molecule has 0 saturated carbocycles. The van der Waals surface area contributed by atoms with Crippen LogP contribution in [0.3, 0.4) is 0 Å². The summed E-state index contributed by atoms with van der Waals surface area (Å²) in [7, 11) is 0. The maximum atomic E-state index is 12.7. The molecule has 3 nitrogen and oxygen atoms in total. The molecule has 0 unspecified atom stereocenters. The highest BCUT2D eigenvalue weighted by Crippen LogP contribution is 2.19. The van der Waals surface area contributed by atoms with Crippen LogP contribution < -0.4 is 9.47 Å². The lowest BCUT2D eigenvalue weighted by molar-refractivity contribution is -0.136. The van der Waals surface area contributed by atoms with Crippen molar-refractivity contribution in [3.05, 3.63) is 59.4 Å². The van der Waals surface area contributed by atoms with E-state index in [-0.39, 0.29) is 12.4 Å². The third-order valence-corrected chi connectivity index (χ3v) is 2.72. The minimum Gasteiger partial charge on any atom is -0.482 e. The lowest BCUT2D eigenvalue weighted by Crippen LogP contribution is -2.18. The van der Waals surface area contributed by atoms with Gasteiger partial charge in [-0.3, -0.25) is 0 Å². The Morgan fingerprint density at radius 3 is 2.45 bits per heavy atom. The van der Waals surface area contributed by atoms with Gasteiger partial charge in [-0.15, -0.1) is 0 Å². The predicted molar refractivity (Wildman–Crippen MR) is 73.4 cm³/mol. The van der Waals surface area contributed by atoms with Crippen LogP contribution in [0.25, 0.3) is 0 Å². The normalized spacial score (nSPS) is 10.2. The summed E-state index contributed by atoms with van der Waals surface area (Å²) in [4.78, 5) is 11.7. The van der Waals surface area contributed by atoms with Crippen molar-refractivity contribution < 1.29 is 18.7 Å². The van der Waals surface area contributed by atoms with Crippen molar-refractivity contribution in [3.63, 3.8) is 0 Å². The number of halogens is 1. The van der Waals surface area contributed by atoms with Gasteiger partial charge in [0.2, 0.25) is 0 Å². The number of hydrogen-bond acceptors (Lipinski definition) is 3. The minimum absolute atomic E-state index is 0.223. The van der Waals surface area contributed by atoms with E-state index in [2.05, 4.69) is 0 Å². The Bertz CT molecular complexity index is 606. The summed E-state index contributed by atoms with van der Waals surface area (Å²) >= 11 is 0. The summed E-state index contributed by atoms with van der Waals surface area (Å²) in [6.07, 6.45) is 0. The van der Waals surface area contributed by atoms with Crippen LogP contribution in [-0.2, 0) is 4.79 Å². The number of carbonyl (C=O) groups excluding carboxylic acids is 1. The minimum atomic E-state index is -0.499. The zero-order valence-electron chi connectivity index (χ0n) is 11.4. The first kappa shape index (κ1) is 14.1. The molecule has 0 atom stereocenters. The lowest BCUT2D eigenvalue weighted by Gasteiger charge is -2.09. The molecule has 0 N–H and O–H groups in total. The smallest absolute Gasteiger partial charge is 0.349 e. The molecule has 0 aromatic heterocycles. The molecule has 0 aliphatic carbocycles. The zero-order chi connectivity index (χ0) is 14.5. The summed E-state index contributed by atoms with van der Waals surface area (Å²) in [5.41, 5.74) is 1.99. The van der Waals surface area contributed by atoms with E-state index in [1.165, 1.54) is 24.3 Å². The number of aryl methyl sites for hydroxylation is 2. The van der Waals surface area contributed by atoms with Crippen LogP contribution >= 0.6 is 0 Å². The van der Waals surface area contributed by atoms with Crippen molar-refractivity contribution in [3.8, 4) is 11.5 Å². The van der Waals surface area contributed by atoms with Crippen molar-refractivity contribution in [2.75, 3.05) is 6.61 Å². The summed E-state index contributed by atoms with van der Waals surface area (Å²) in [6, 6.07) is 11.0. The number of carbonyl (C=O) groups is 1. The fourth-order valence-electron chi connectivity index (χ4n) is 1.74. The van der Waals surface area contributed by atoms with Crippen LogP contribution in [0.4, 0.5) is 4.39 Å². The van der Waals surface area contributed by atoms with Crippen molar-refractivity contribution in [1.29, 1.82) is 0 Å². The van der Waals surface area contributed by atoms with Crippen LogP contribution in [0.15, 0.2) is 42.5 Å². The first-order valence-electron chi connectivity index (χ1n) is 6.21. The van der Waals surface area contributed by atoms with Gasteiger partial charge < -0.3 is 9.47 Å². The first-order valence-corrected chi connectivity index (χ1v) is 6.21. The van der Waals surface area contributed by atoms with Crippen LogP contribution in [0.1, 0.15) is 11.1 Å². The van der Waals surface area contributed by atoms with Gasteiger partial charge in [-0.25, -0.2) is 9.18 Å². The summed E-state index contributed by atoms with van der Waals surface area (Å²) < 4.78 is 23.1. The topological polar surface area (TPSA) is 35.5 Å². The molecule has 2 aromatic carbocycles. The number of hydrogen-bond donors (Lipinski definition) is 0. The van der Waals surface area contributed by atoms with E-state index in [4.69, 9.17) is 9.47 Å². The predicted octanol–water partition coefficient (Wildman–Crippen LogP) is 3.43. The SMILES string of the molecule is Cc1ccc(OC(=O)COc2ccc(F)cc2)c(C)c1. The highest BCUT2D eigenvalue weighted by Gasteiger charge is 2.08. The van der Waals surface area contributed by atoms with Gasteiger partial charge in [0.05, 0.1) is 0 Å². The molecule has 2 aromatic rings. The fraction of sp³-hybridized carbons (Fsp3) is 0.188. The van der Waals surface area contributed by atoms with Crippen molar-refractivity contribution in [2.45, 2.75) is 13.8 Å². The third kappa shape index (κ3) is 3.82. The van der Waals surface area contributed by atoms with Crippen molar-refractivity contribution in [1.82, 2.24) is 0 Å². The standard InChI is InChI=1S/C16H15FO3/c1-11-3-8-15(12(2)9-11)20-16(18)10-19-14-6-4-13(17)5-7-14/h3-9H,10H2,1-2H3. The molecular weight excluding hydrogens is 259 g/mol. The Balaban J connectivity index is 1.90. The molecule has 0 aliphatic heterocycles. The van der Waals surface area contributed by atoms with Crippen molar-refractivity contribution >= 4 is 5.97 Å². The van der Waals surface area contributed by atoms with E-state index < -0.39 is 5.97 Å². The summed E-state index contributed by atoms with van der Waals surface area (Å²) in [5.74, 6) is 0.0868. The molecule has 0 aliphatic rings. The average molecular weight is 274 g/mol. The second-order valence-electron chi connectivity index (χ2n) is 4.49. The molecule has 4 heteroatoms. The number of rotatable bonds is 4. The Morgan fingerprint density at radius 2 is 1.80 bits per heavy atom. The van der Waals surface area contributed by atoms with Gasteiger partial charge in [-0.2, -0.15) is 0 Å². The van der Waals surface area contributed by atoms with Crippen LogP contribution in [0, 0.1) is 19.7 Å². The lowest BCUT2D eigenvalue weighted by atomic mass is 10.1. The van der Waals surface area contributed by atoms with E-state index in [0.29, 0.717) is 11.5 Å². The molecule has 0 heterocycles. The molecule has 104 valence electrons. The molecule has 0 bridgehead atoms. The summed E-state index contributed by atoms with van der Waals surface area (Å²) in [6.45, 7) is 3.62. The number of ether oxygens (including phenoxy) is 2. The van der Waals surface area contributed by atoms with Gasteiger partial charge in [-0.05, 0) is 49.7 Å². The largest absolute Gasteiger partial charge is 0.482 e. The van der Waals surface area contributed by atoms with Crippen molar-refractivity contribution in [2.24, 2.45) is 0 Å². The van der Waals surface area contributed by atoms with Gasteiger partial charge in [0.25, 0.3) is 0 Å². The summed E-state index contributed by atoms with van der Waals surface area (Å²) in [5, 5.41) is 0. The van der Waals surface area contributed by atoms with Crippen LogP contribution in [-0.4, -0.2) is 12.6 Å². The quantitative estimate of drug-likeness (QED) is 0.633. The third-order valence-electron chi connectivity index (χ3n) is 2.72. The fourth-order valence-corrected chi connectivity index (χ4v) is 1.74. The first-order chi connectivity index (χ1) is 9.54. The molecule has 0 saturated heterocycles. The Hall–Kier alpha value is -2.36. The van der Waals surface area contributed by atoms with Crippen LogP contribution in [0.2, 0.25) is 0 Å². The molecule has 0 radical (unpaired) electrons. The molecule has 0 amide bonds.